The standard InChI is InChI=1S/C16H16Cl2N2O/c1-19-10-9-11-5-2-3-6-12(11)16(21)20-15-13(17)7-4-8-14(15)18/h2-8,19H,9-10H2,1H3,(H,20,21). The molecule has 0 radical (unpaired) electrons. The van der Waals surface area contributed by atoms with Crippen molar-refractivity contribution in [1.29, 1.82) is 0 Å². The van der Waals surface area contributed by atoms with Gasteiger partial charge in [-0.15, -0.1) is 0 Å². The van der Waals surface area contributed by atoms with Crippen molar-refractivity contribution in [1.82, 2.24) is 5.32 Å². The van der Waals surface area contributed by atoms with Gasteiger partial charge in [0.25, 0.3) is 5.91 Å². The van der Waals surface area contributed by atoms with Gasteiger partial charge < -0.3 is 10.6 Å². The van der Waals surface area contributed by atoms with Crippen LogP contribution in [0, 0.1) is 0 Å². The van der Waals surface area contributed by atoms with Crippen molar-refractivity contribution in [3.8, 4) is 0 Å². The summed E-state index contributed by atoms with van der Waals surface area (Å²) in [5.41, 5.74) is 2.05. The lowest BCUT2D eigenvalue weighted by Crippen LogP contribution is -2.17. The van der Waals surface area contributed by atoms with E-state index < -0.39 is 0 Å². The topological polar surface area (TPSA) is 41.1 Å². The third-order valence-electron chi connectivity index (χ3n) is 3.11. The molecule has 0 aliphatic carbocycles. The lowest BCUT2D eigenvalue weighted by Gasteiger charge is -2.12. The van der Waals surface area contributed by atoms with Gasteiger partial charge in [0.1, 0.15) is 0 Å². The zero-order chi connectivity index (χ0) is 15.2. The summed E-state index contributed by atoms with van der Waals surface area (Å²) in [6.45, 7) is 0.803. The Morgan fingerprint density at radius 3 is 2.38 bits per heavy atom. The van der Waals surface area contributed by atoms with E-state index in [0.29, 0.717) is 21.3 Å². The van der Waals surface area contributed by atoms with Gasteiger partial charge in [0.15, 0.2) is 0 Å². The largest absolute Gasteiger partial charge is 0.319 e. The molecule has 0 fully saturated rings. The van der Waals surface area contributed by atoms with Crippen LogP contribution in [0.4, 0.5) is 5.69 Å². The highest BCUT2D eigenvalue weighted by molar-refractivity contribution is 6.40. The number of hydrogen-bond acceptors (Lipinski definition) is 2. The second kappa shape index (κ2) is 7.46. The number of amides is 1. The summed E-state index contributed by atoms with van der Waals surface area (Å²) in [5.74, 6) is -0.211. The van der Waals surface area contributed by atoms with Crippen LogP contribution >= 0.6 is 23.2 Å². The molecule has 0 bridgehead atoms. The number of carbonyl (C=O) groups is 1. The molecule has 0 atom stereocenters. The maximum atomic E-state index is 12.5. The third-order valence-corrected chi connectivity index (χ3v) is 3.74. The van der Waals surface area contributed by atoms with Crippen LogP contribution in [0.3, 0.4) is 0 Å². The molecule has 2 aromatic rings. The monoisotopic (exact) mass is 322 g/mol. The Balaban J connectivity index is 2.25. The Morgan fingerprint density at radius 2 is 1.71 bits per heavy atom. The average molecular weight is 323 g/mol. The Bertz CT molecular complexity index is 624. The zero-order valence-corrected chi connectivity index (χ0v) is 13.1. The summed E-state index contributed by atoms with van der Waals surface area (Å²) in [6.07, 6.45) is 0.774. The molecule has 2 rings (SSSR count). The van der Waals surface area contributed by atoms with E-state index in [1.54, 1.807) is 24.3 Å². The van der Waals surface area contributed by atoms with Crippen LogP contribution in [0.25, 0.3) is 0 Å². The second-order valence-electron chi connectivity index (χ2n) is 4.56. The molecule has 2 N–H and O–H groups in total. The van der Waals surface area contributed by atoms with Crippen LogP contribution in [0.2, 0.25) is 10.0 Å². The quantitative estimate of drug-likeness (QED) is 0.873. The summed E-state index contributed by atoms with van der Waals surface area (Å²) in [6, 6.07) is 12.6. The van der Waals surface area contributed by atoms with Crippen molar-refractivity contribution < 1.29 is 4.79 Å². The van der Waals surface area contributed by atoms with Crippen LogP contribution < -0.4 is 10.6 Å². The summed E-state index contributed by atoms with van der Waals surface area (Å²) in [7, 11) is 1.88. The van der Waals surface area contributed by atoms with Crippen molar-refractivity contribution >= 4 is 34.8 Å². The molecule has 2 aromatic carbocycles. The van der Waals surface area contributed by atoms with E-state index in [0.717, 1.165) is 18.5 Å². The highest BCUT2D eigenvalue weighted by Crippen LogP contribution is 2.30. The summed E-state index contributed by atoms with van der Waals surface area (Å²) in [5, 5.41) is 6.70. The van der Waals surface area contributed by atoms with E-state index in [2.05, 4.69) is 10.6 Å². The minimum Gasteiger partial charge on any atom is -0.319 e. The molecule has 0 spiro atoms. The lowest BCUT2D eigenvalue weighted by atomic mass is 10.0. The molecule has 0 aliphatic rings. The minimum absolute atomic E-state index is 0.211. The summed E-state index contributed by atoms with van der Waals surface area (Å²) in [4.78, 5) is 12.5. The Hall–Kier alpha value is -1.55. The Kier molecular flexibility index (Phi) is 5.62. The van der Waals surface area contributed by atoms with Crippen LogP contribution in [0.1, 0.15) is 15.9 Å². The van der Waals surface area contributed by atoms with Gasteiger partial charge in [0, 0.05) is 5.56 Å². The van der Waals surface area contributed by atoms with Crippen LogP contribution in [0.5, 0.6) is 0 Å². The molecule has 0 heterocycles. The Morgan fingerprint density at radius 1 is 1.05 bits per heavy atom. The molecule has 110 valence electrons. The molecule has 21 heavy (non-hydrogen) atoms. The van der Waals surface area contributed by atoms with Crippen molar-refractivity contribution in [2.45, 2.75) is 6.42 Å². The number of carbonyl (C=O) groups excluding carboxylic acids is 1. The first-order valence-electron chi connectivity index (χ1n) is 6.61. The predicted octanol–water partition coefficient (Wildman–Crippen LogP) is 4.01. The van der Waals surface area contributed by atoms with Gasteiger partial charge in [-0.3, -0.25) is 4.79 Å². The predicted molar refractivity (Wildman–Crippen MR) is 88.5 cm³/mol. The smallest absolute Gasteiger partial charge is 0.256 e. The first-order valence-corrected chi connectivity index (χ1v) is 7.37. The molecule has 0 unspecified atom stereocenters. The first kappa shape index (κ1) is 15.8. The fourth-order valence-corrected chi connectivity index (χ4v) is 2.51. The van der Waals surface area contributed by atoms with Gasteiger partial charge in [0.05, 0.1) is 15.7 Å². The average Bonchev–Trinajstić information content (AvgIpc) is 2.49. The number of rotatable bonds is 5. The maximum Gasteiger partial charge on any atom is 0.256 e. The molecule has 0 aliphatic heterocycles. The van der Waals surface area contributed by atoms with Gasteiger partial charge in [-0.25, -0.2) is 0 Å². The molecule has 0 saturated heterocycles. The summed E-state index contributed by atoms with van der Waals surface area (Å²) >= 11 is 12.2. The SMILES string of the molecule is CNCCc1ccccc1C(=O)Nc1c(Cl)cccc1Cl. The van der Waals surface area contributed by atoms with E-state index >= 15 is 0 Å². The van der Waals surface area contributed by atoms with Crippen molar-refractivity contribution in [3.05, 3.63) is 63.6 Å². The van der Waals surface area contributed by atoms with E-state index in [9.17, 15) is 4.79 Å². The highest BCUT2D eigenvalue weighted by atomic mass is 35.5. The van der Waals surface area contributed by atoms with Gasteiger partial charge in [-0.2, -0.15) is 0 Å². The number of halogens is 2. The fraction of sp³-hybridized carbons (Fsp3) is 0.188. The summed E-state index contributed by atoms with van der Waals surface area (Å²) < 4.78 is 0. The minimum atomic E-state index is -0.211. The number of para-hydroxylation sites is 1. The number of hydrogen-bond donors (Lipinski definition) is 2. The molecule has 1 amide bonds. The van der Waals surface area contributed by atoms with Crippen molar-refractivity contribution in [2.75, 3.05) is 18.9 Å². The number of nitrogens with one attached hydrogen (secondary N) is 2. The van der Waals surface area contributed by atoms with Crippen LogP contribution in [0.15, 0.2) is 42.5 Å². The highest BCUT2D eigenvalue weighted by Gasteiger charge is 2.14. The molecule has 5 heteroatoms. The van der Waals surface area contributed by atoms with Crippen LogP contribution in [-0.4, -0.2) is 19.5 Å². The van der Waals surface area contributed by atoms with E-state index in [-0.39, 0.29) is 5.91 Å². The van der Waals surface area contributed by atoms with Gasteiger partial charge in [-0.05, 0) is 43.8 Å². The van der Waals surface area contributed by atoms with Crippen molar-refractivity contribution in [2.24, 2.45) is 0 Å². The molecular weight excluding hydrogens is 307 g/mol. The van der Waals surface area contributed by atoms with E-state index in [1.807, 2.05) is 25.2 Å². The first-order chi connectivity index (χ1) is 10.1. The third kappa shape index (κ3) is 3.97. The number of likely N-dealkylation sites (N-methyl/N-ethyl adjacent to an activating group) is 1. The fourth-order valence-electron chi connectivity index (χ4n) is 2.02. The van der Waals surface area contributed by atoms with Gasteiger partial charge in [0.2, 0.25) is 0 Å². The molecule has 3 nitrogen and oxygen atoms in total. The maximum absolute atomic E-state index is 12.5. The zero-order valence-electron chi connectivity index (χ0n) is 11.6. The van der Waals surface area contributed by atoms with E-state index in [1.165, 1.54) is 0 Å². The Labute approximate surface area is 134 Å². The molecular formula is C16H16Cl2N2O. The van der Waals surface area contributed by atoms with Gasteiger partial charge in [-0.1, -0.05) is 47.5 Å². The lowest BCUT2D eigenvalue weighted by molar-refractivity contribution is 0.102. The molecule has 0 saturated carbocycles. The van der Waals surface area contributed by atoms with Gasteiger partial charge >= 0.3 is 0 Å². The number of benzene rings is 2. The van der Waals surface area contributed by atoms with E-state index in [4.69, 9.17) is 23.2 Å². The second-order valence-corrected chi connectivity index (χ2v) is 5.38. The molecule has 0 aromatic heterocycles. The van der Waals surface area contributed by atoms with Crippen molar-refractivity contribution in [3.63, 3.8) is 0 Å². The number of anilines is 1. The normalized spacial score (nSPS) is 10.4. The van der Waals surface area contributed by atoms with Crippen LogP contribution in [-0.2, 0) is 6.42 Å².